The monoisotopic (exact) mass is 368 g/mol. The molecule has 1 aromatic heterocycles. The number of carbonyl (C=O) groups is 1. The Hall–Kier alpha value is -1.88. The molecule has 3 heterocycles. The number of nitrogens with zero attached hydrogens (tertiary/aromatic N) is 4. The van der Waals surface area contributed by atoms with Gasteiger partial charge in [-0.2, -0.15) is 0 Å². The minimum absolute atomic E-state index is 0.246. The first kappa shape index (κ1) is 18.5. The van der Waals surface area contributed by atoms with Gasteiger partial charge in [0.25, 0.3) is 0 Å². The van der Waals surface area contributed by atoms with E-state index in [2.05, 4.69) is 52.5 Å². The first-order valence-electron chi connectivity index (χ1n) is 10.6. The molecule has 5 nitrogen and oxygen atoms in total. The first-order chi connectivity index (χ1) is 13.1. The summed E-state index contributed by atoms with van der Waals surface area (Å²) in [6.45, 7) is 7.83. The van der Waals surface area contributed by atoms with Gasteiger partial charge in [0.1, 0.15) is 5.82 Å². The molecule has 0 radical (unpaired) electrons. The largest absolute Gasteiger partial charge is 0.342 e. The van der Waals surface area contributed by atoms with E-state index < -0.39 is 0 Å². The zero-order valence-electron chi connectivity index (χ0n) is 16.7. The normalized spacial score (nSPS) is 21.9. The molecular formula is C22H32N4O. The number of carbonyl (C=O) groups excluding carboxylic acids is 1. The molecule has 4 rings (SSSR count). The Morgan fingerprint density at radius 1 is 1.07 bits per heavy atom. The number of fused-ring (bicyclic) bond motifs is 1. The van der Waals surface area contributed by atoms with Crippen LogP contribution >= 0.6 is 0 Å². The molecule has 2 fully saturated rings. The average Bonchev–Trinajstić information content (AvgIpc) is 3.16. The van der Waals surface area contributed by atoms with Crippen LogP contribution in [-0.4, -0.2) is 51.4 Å². The second-order valence-electron chi connectivity index (χ2n) is 8.35. The Labute approximate surface area is 162 Å². The van der Waals surface area contributed by atoms with Crippen molar-refractivity contribution >= 4 is 16.9 Å². The molecule has 2 saturated heterocycles. The maximum atomic E-state index is 12.9. The summed E-state index contributed by atoms with van der Waals surface area (Å²) in [6.07, 6.45) is 7.04. The summed E-state index contributed by atoms with van der Waals surface area (Å²) < 4.78 is 2.37. The minimum atomic E-state index is 0.246. The molecule has 0 spiro atoms. The highest BCUT2D eigenvalue weighted by Gasteiger charge is 2.33. The van der Waals surface area contributed by atoms with Gasteiger partial charge in [-0.25, -0.2) is 4.98 Å². The quantitative estimate of drug-likeness (QED) is 0.814. The van der Waals surface area contributed by atoms with Gasteiger partial charge in [-0.3, -0.25) is 9.69 Å². The molecule has 0 bridgehead atoms. The molecule has 2 aliphatic rings. The standard InChI is InChI=1S/C22H32N4O/c1-17(2)26-19-11-6-5-10-18(19)23-22(26)20-12-9-15-25(20)16-21(27)24-13-7-3-4-8-14-24/h5-6,10-11,17,20H,3-4,7-9,12-16H2,1-2H3/t20-/m0/s1. The Bertz CT molecular complexity index is 789. The number of hydrogen-bond donors (Lipinski definition) is 0. The van der Waals surface area contributed by atoms with E-state index in [1.165, 1.54) is 18.4 Å². The van der Waals surface area contributed by atoms with Crippen LogP contribution < -0.4 is 0 Å². The van der Waals surface area contributed by atoms with Crippen LogP contribution in [0.5, 0.6) is 0 Å². The maximum Gasteiger partial charge on any atom is 0.236 e. The van der Waals surface area contributed by atoms with Gasteiger partial charge >= 0.3 is 0 Å². The molecular weight excluding hydrogens is 336 g/mol. The van der Waals surface area contributed by atoms with Crippen LogP contribution in [0.1, 0.15) is 70.3 Å². The fourth-order valence-corrected chi connectivity index (χ4v) is 4.74. The number of imidazole rings is 1. The number of rotatable bonds is 4. The van der Waals surface area contributed by atoms with Crippen molar-refractivity contribution in [2.75, 3.05) is 26.2 Å². The highest BCUT2D eigenvalue weighted by molar-refractivity contribution is 5.78. The summed E-state index contributed by atoms with van der Waals surface area (Å²) in [7, 11) is 0. The summed E-state index contributed by atoms with van der Waals surface area (Å²) in [5, 5.41) is 0. The number of likely N-dealkylation sites (tertiary alicyclic amines) is 2. The predicted octanol–water partition coefficient (Wildman–Crippen LogP) is 4.16. The van der Waals surface area contributed by atoms with E-state index >= 15 is 0 Å². The number of para-hydroxylation sites is 2. The van der Waals surface area contributed by atoms with E-state index in [4.69, 9.17) is 4.98 Å². The molecule has 1 atom stereocenters. The lowest BCUT2D eigenvalue weighted by atomic mass is 10.2. The van der Waals surface area contributed by atoms with Crippen molar-refractivity contribution in [3.63, 3.8) is 0 Å². The Balaban J connectivity index is 1.57. The van der Waals surface area contributed by atoms with E-state index in [0.717, 1.165) is 56.7 Å². The lowest BCUT2D eigenvalue weighted by Crippen LogP contribution is -2.41. The van der Waals surface area contributed by atoms with Gasteiger partial charge in [0.05, 0.1) is 23.6 Å². The molecule has 0 N–H and O–H groups in total. The number of amides is 1. The molecule has 27 heavy (non-hydrogen) atoms. The molecule has 5 heteroatoms. The average molecular weight is 369 g/mol. The Morgan fingerprint density at radius 3 is 2.56 bits per heavy atom. The van der Waals surface area contributed by atoms with Gasteiger partial charge in [-0.05, 0) is 58.2 Å². The smallest absolute Gasteiger partial charge is 0.236 e. The summed E-state index contributed by atoms with van der Waals surface area (Å²) in [5.41, 5.74) is 2.26. The second kappa shape index (κ2) is 8.01. The van der Waals surface area contributed by atoms with Crippen LogP contribution in [0.25, 0.3) is 11.0 Å². The van der Waals surface area contributed by atoms with Crippen LogP contribution in [0.3, 0.4) is 0 Å². The van der Waals surface area contributed by atoms with Crippen molar-refractivity contribution in [2.24, 2.45) is 0 Å². The van der Waals surface area contributed by atoms with Gasteiger partial charge in [0.15, 0.2) is 0 Å². The van der Waals surface area contributed by atoms with E-state index in [9.17, 15) is 4.79 Å². The Morgan fingerprint density at radius 2 is 1.81 bits per heavy atom. The third-order valence-electron chi connectivity index (χ3n) is 6.10. The highest BCUT2D eigenvalue weighted by Crippen LogP contribution is 2.35. The third-order valence-corrected chi connectivity index (χ3v) is 6.10. The van der Waals surface area contributed by atoms with Crippen molar-refractivity contribution in [2.45, 2.75) is 64.5 Å². The van der Waals surface area contributed by atoms with Crippen LogP contribution in [0.15, 0.2) is 24.3 Å². The molecule has 2 aliphatic heterocycles. The molecule has 0 aliphatic carbocycles. The molecule has 1 amide bonds. The van der Waals surface area contributed by atoms with E-state index in [0.29, 0.717) is 18.5 Å². The summed E-state index contributed by atoms with van der Waals surface area (Å²) in [5.74, 6) is 1.43. The lowest BCUT2D eigenvalue weighted by molar-refractivity contribution is -0.132. The van der Waals surface area contributed by atoms with Gasteiger partial charge in [0.2, 0.25) is 5.91 Å². The van der Waals surface area contributed by atoms with Crippen LogP contribution in [0.2, 0.25) is 0 Å². The number of hydrogen-bond acceptors (Lipinski definition) is 3. The topological polar surface area (TPSA) is 41.4 Å². The van der Waals surface area contributed by atoms with E-state index in [1.54, 1.807) is 0 Å². The van der Waals surface area contributed by atoms with E-state index in [-0.39, 0.29) is 6.04 Å². The second-order valence-corrected chi connectivity index (χ2v) is 8.35. The van der Waals surface area contributed by atoms with Crippen LogP contribution in [0.4, 0.5) is 0 Å². The molecule has 0 saturated carbocycles. The fraction of sp³-hybridized carbons (Fsp3) is 0.636. The molecule has 1 aromatic carbocycles. The highest BCUT2D eigenvalue weighted by atomic mass is 16.2. The predicted molar refractivity (Wildman–Crippen MR) is 109 cm³/mol. The number of benzene rings is 1. The van der Waals surface area contributed by atoms with Gasteiger partial charge in [0, 0.05) is 19.1 Å². The van der Waals surface area contributed by atoms with Crippen LogP contribution in [-0.2, 0) is 4.79 Å². The van der Waals surface area contributed by atoms with Crippen molar-refractivity contribution in [3.05, 3.63) is 30.1 Å². The van der Waals surface area contributed by atoms with Crippen molar-refractivity contribution in [3.8, 4) is 0 Å². The van der Waals surface area contributed by atoms with E-state index in [1.807, 2.05) is 0 Å². The molecule has 0 unspecified atom stereocenters. The summed E-state index contributed by atoms with van der Waals surface area (Å²) >= 11 is 0. The van der Waals surface area contributed by atoms with Crippen molar-refractivity contribution in [1.29, 1.82) is 0 Å². The fourth-order valence-electron chi connectivity index (χ4n) is 4.74. The van der Waals surface area contributed by atoms with Gasteiger partial charge in [-0.15, -0.1) is 0 Å². The van der Waals surface area contributed by atoms with Gasteiger partial charge in [-0.1, -0.05) is 25.0 Å². The SMILES string of the molecule is CC(C)n1c([C@@H]2CCCN2CC(=O)N2CCCCCC2)nc2ccccc21. The van der Waals surface area contributed by atoms with Crippen molar-refractivity contribution < 1.29 is 4.79 Å². The minimum Gasteiger partial charge on any atom is -0.342 e. The number of aromatic nitrogens is 2. The third kappa shape index (κ3) is 3.75. The zero-order valence-corrected chi connectivity index (χ0v) is 16.7. The molecule has 2 aromatic rings. The first-order valence-corrected chi connectivity index (χ1v) is 10.6. The van der Waals surface area contributed by atoms with Crippen molar-refractivity contribution in [1.82, 2.24) is 19.4 Å². The van der Waals surface area contributed by atoms with Crippen LogP contribution in [0, 0.1) is 0 Å². The lowest BCUT2D eigenvalue weighted by Gasteiger charge is -2.28. The maximum absolute atomic E-state index is 12.9. The molecule has 146 valence electrons. The summed E-state index contributed by atoms with van der Waals surface area (Å²) in [6, 6.07) is 9.00. The zero-order chi connectivity index (χ0) is 18.8. The Kier molecular flexibility index (Phi) is 5.48. The summed E-state index contributed by atoms with van der Waals surface area (Å²) in [4.78, 5) is 22.4. The van der Waals surface area contributed by atoms with Gasteiger partial charge < -0.3 is 9.47 Å².